The Kier molecular flexibility index (Phi) is 5.28. The second-order valence-corrected chi connectivity index (χ2v) is 4.42. The van der Waals surface area contributed by atoms with Crippen LogP contribution >= 0.6 is 0 Å². The van der Waals surface area contributed by atoms with Crippen LogP contribution in [0.3, 0.4) is 0 Å². The van der Waals surface area contributed by atoms with Crippen molar-refractivity contribution in [1.29, 1.82) is 0 Å². The normalized spacial score (nSPS) is 22.4. The number of primary amides is 1. The van der Waals surface area contributed by atoms with Crippen LogP contribution in [0, 0.1) is 0 Å². The number of carbonyl (C=O) groups is 3. The molecule has 0 saturated carbocycles. The predicted molar refractivity (Wildman–Crippen MR) is 69.4 cm³/mol. The van der Waals surface area contributed by atoms with Crippen LogP contribution in [0.1, 0.15) is 39.0 Å². The maximum Gasteiger partial charge on any atom is 0.332 e. The maximum atomic E-state index is 11.8. The van der Waals surface area contributed by atoms with Crippen molar-refractivity contribution in [2.24, 2.45) is 10.8 Å². The summed E-state index contributed by atoms with van der Waals surface area (Å²) in [6.45, 7) is 2.08. The average Bonchev–Trinajstić information content (AvgIpc) is 2.60. The quantitative estimate of drug-likeness (QED) is 0.228. The fourth-order valence-corrected chi connectivity index (χ4v) is 1.87. The van der Waals surface area contributed by atoms with E-state index in [0.29, 0.717) is 6.42 Å². The number of rotatable bonds is 7. The Labute approximate surface area is 111 Å². The van der Waals surface area contributed by atoms with E-state index in [9.17, 15) is 14.4 Å². The Morgan fingerprint density at radius 2 is 2.16 bits per heavy atom. The van der Waals surface area contributed by atoms with Crippen LogP contribution in [0.15, 0.2) is 5.10 Å². The zero-order chi connectivity index (χ0) is 14.3. The van der Waals surface area contributed by atoms with Gasteiger partial charge in [0.25, 0.3) is 5.91 Å². The molecule has 1 aliphatic rings. The lowest BCUT2D eigenvalue weighted by Crippen LogP contribution is -2.49. The molecular weight excluding hydrogens is 250 g/mol. The van der Waals surface area contributed by atoms with E-state index in [2.05, 4.69) is 22.7 Å². The highest BCUT2D eigenvalue weighted by atomic mass is 16.2. The minimum atomic E-state index is -1.20. The van der Waals surface area contributed by atoms with Crippen molar-refractivity contribution in [1.82, 2.24) is 16.1 Å². The van der Waals surface area contributed by atoms with Gasteiger partial charge in [-0.1, -0.05) is 32.6 Å². The summed E-state index contributed by atoms with van der Waals surface area (Å²) in [5.41, 5.74) is 5.68. The summed E-state index contributed by atoms with van der Waals surface area (Å²) in [4.78, 5) is 33.6. The van der Waals surface area contributed by atoms with Crippen LogP contribution < -0.4 is 21.8 Å². The first-order valence-corrected chi connectivity index (χ1v) is 6.23. The van der Waals surface area contributed by atoms with Crippen LogP contribution in [0.4, 0.5) is 9.59 Å². The molecule has 0 aromatic rings. The van der Waals surface area contributed by atoms with Gasteiger partial charge in [-0.3, -0.25) is 10.1 Å². The lowest BCUT2D eigenvalue weighted by molar-refractivity contribution is -0.121. The van der Waals surface area contributed by atoms with E-state index in [1.807, 2.05) is 5.43 Å². The molecule has 1 fully saturated rings. The molecule has 5 amide bonds. The van der Waals surface area contributed by atoms with E-state index >= 15 is 0 Å². The molecule has 106 valence electrons. The molecule has 0 radical (unpaired) electrons. The highest BCUT2D eigenvalue weighted by Gasteiger charge is 2.44. The summed E-state index contributed by atoms with van der Waals surface area (Å²) in [5.74, 6) is -0.469. The number of imide groups is 1. The van der Waals surface area contributed by atoms with Crippen molar-refractivity contribution < 1.29 is 14.4 Å². The third-order valence-electron chi connectivity index (χ3n) is 2.85. The molecule has 1 atom stereocenters. The highest BCUT2D eigenvalue weighted by Crippen LogP contribution is 2.18. The molecule has 5 N–H and O–H groups in total. The number of nitrogens with two attached hydrogens (primary N) is 1. The van der Waals surface area contributed by atoms with E-state index in [0.717, 1.165) is 25.7 Å². The largest absolute Gasteiger partial charge is 0.350 e. The zero-order valence-corrected chi connectivity index (χ0v) is 10.9. The lowest BCUT2D eigenvalue weighted by atomic mass is 9.93. The Morgan fingerprint density at radius 3 is 2.68 bits per heavy atom. The Hall–Kier alpha value is -2.12. The van der Waals surface area contributed by atoms with Crippen LogP contribution in [0.2, 0.25) is 0 Å². The van der Waals surface area contributed by atoms with Crippen molar-refractivity contribution in [3.8, 4) is 0 Å². The zero-order valence-electron chi connectivity index (χ0n) is 10.9. The van der Waals surface area contributed by atoms with E-state index in [1.54, 1.807) is 0 Å². The molecule has 0 spiro atoms. The molecule has 8 heteroatoms. The summed E-state index contributed by atoms with van der Waals surface area (Å²) in [6.07, 6.45) is 5.49. The number of hydrogen-bond donors (Lipinski definition) is 4. The first-order valence-electron chi connectivity index (χ1n) is 6.23. The number of nitrogens with zero attached hydrogens (tertiary/aromatic N) is 1. The standard InChI is InChI=1S/C11H19N5O3/c1-2-3-4-5-6-11(7-13-16-9(12)18)8(17)14-10(19)15-11/h7H,2-6H2,1H3,(H3,12,16,18)(H2,14,15,17,19). The lowest BCUT2D eigenvalue weighted by Gasteiger charge is -2.20. The second-order valence-electron chi connectivity index (χ2n) is 4.42. The summed E-state index contributed by atoms with van der Waals surface area (Å²) in [6, 6.07) is -1.40. The third-order valence-corrected chi connectivity index (χ3v) is 2.85. The van der Waals surface area contributed by atoms with Gasteiger partial charge in [0, 0.05) is 0 Å². The van der Waals surface area contributed by atoms with Crippen molar-refractivity contribution in [2.75, 3.05) is 0 Å². The number of unbranched alkanes of at least 4 members (excludes halogenated alkanes) is 3. The summed E-state index contributed by atoms with van der Waals surface area (Å²) < 4.78 is 0. The van der Waals surface area contributed by atoms with Gasteiger partial charge in [-0.05, 0) is 6.42 Å². The molecular formula is C11H19N5O3. The van der Waals surface area contributed by atoms with Crippen LogP contribution in [0.25, 0.3) is 0 Å². The number of hydrogen-bond acceptors (Lipinski definition) is 4. The molecule has 1 aliphatic heterocycles. The van der Waals surface area contributed by atoms with Crippen molar-refractivity contribution in [3.05, 3.63) is 0 Å². The molecule has 0 aromatic heterocycles. The minimum Gasteiger partial charge on any atom is -0.350 e. The van der Waals surface area contributed by atoms with Crippen molar-refractivity contribution >= 4 is 24.2 Å². The third kappa shape index (κ3) is 4.23. The Morgan fingerprint density at radius 1 is 1.42 bits per heavy atom. The number of nitrogens with one attached hydrogen (secondary N) is 3. The van der Waals surface area contributed by atoms with E-state index in [-0.39, 0.29) is 0 Å². The molecule has 0 aliphatic carbocycles. The summed E-state index contributed by atoms with van der Waals surface area (Å²) in [5, 5.41) is 8.27. The van der Waals surface area contributed by atoms with Gasteiger partial charge in [0.15, 0.2) is 5.54 Å². The monoisotopic (exact) mass is 269 g/mol. The predicted octanol–water partition coefficient (Wildman–Crippen LogP) is 0.189. The number of carbonyl (C=O) groups excluding carboxylic acids is 3. The molecule has 0 bridgehead atoms. The van der Waals surface area contributed by atoms with Crippen LogP contribution in [0.5, 0.6) is 0 Å². The molecule has 0 aromatic carbocycles. The number of hydrazone groups is 1. The van der Waals surface area contributed by atoms with E-state index in [1.165, 1.54) is 6.21 Å². The molecule has 1 unspecified atom stereocenters. The first kappa shape index (κ1) is 14.9. The molecule has 1 saturated heterocycles. The van der Waals surface area contributed by atoms with Gasteiger partial charge >= 0.3 is 12.1 Å². The number of urea groups is 2. The van der Waals surface area contributed by atoms with Crippen molar-refractivity contribution in [2.45, 2.75) is 44.6 Å². The molecule has 8 nitrogen and oxygen atoms in total. The molecule has 19 heavy (non-hydrogen) atoms. The van der Waals surface area contributed by atoms with Gasteiger partial charge in [0.1, 0.15) is 0 Å². The maximum absolute atomic E-state index is 11.8. The molecule has 1 heterocycles. The van der Waals surface area contributed by atoms with Gasteiger partial charge < -0.3 is 11.1 Å². The minimum absolute atomic E-state index is 0.425. The fraction of sp³-hybridized carbons (Fsp3) is 0.636. The number of amides is 5. The average molecular weight is 269 g/mol. The van der Waals surface area contributed by atoms with Crippen LogP contribution in [-0.4, -0.2) is 29.7 Å². The molecule has 1 rings (SSSR count). The van der Waals surface area contributed by atoms with Gasteiger partial charge in [0.05, 0.1) is 6.21 Å². The van der Waals surface area contributed by atoms with E-state index < -0.39 is 23.5 Å². The van der Waals surface area contributed by atoms with Gasteiger partial charge in [-0.25, -0.2) is 15.0 Å². The van der Waals surface area contributed by atoms with Crippen molar-refractivity contribution in [3.63, 3.8) is 0 Å². The highest BCUT2D eigenvalue weighted by molar-refractivity contribution is 6.16. The first-order chi connectivity index (χ1) is 9.00. The Bertz CT molecular complexity index is 396. The summed E-state index contributed by atoms with van der Waals surface area (Å²) in [7, 11) is 0. The smallest absolute Gasteiger partial charge is 0.332 e. The second kappa shape index (κ2) is 6.72. The van der Waals surface area contributed by atoms with Gasteiger partial charge in [-0.15, -0.1) is 0 Å². The van der Waals surface area contributed by atoms with Crippen LogP contribution in [-0.2, 0) is 4.79 Å². The van der Waals surface area contributed by atoms with Gasteiger partial charge in [0.2, 0.25) is 0 Å². The SMILES string of the molecule is CCCCCCC1(C=NNC(N)=O)NC(=O)NC1=O. The summed E-state index contributed by atoms with van der Waals surface area (Å²) >= 11 is 0. The topological polar surface area (TPSA) is 126 Å². The van der Waals surface area contributed by atoms with Gasteiger partial charge in [-0.2, -0.15) is 5.10 Å². The van der Waals surface area contributed by atoms with E-state index in [4.69, 9.17) is 5.73 Å². The Balaban J connectivity index is 2.68. The fourth-order valence-electron chi connectivity index (χ4n) is 1.87.